The van der Waals surface area contributed by atoms with Crippen LogP contribution in [0.3, 0.4) is 0 Å². The lowest BCUT2D eigenvalue weighted by molar-refractivity contribution is -0.141. The molecular weight excluding hydrogens is 435 g/mol. The van der Waals surface area contributed by atoms with Crippen molar-refractivity contribution >= 4 is 15.6 Å². The first kappa shape index (κ1) is 20.9. The van der Waals surface area contributed by atoms with E-state index in [1.807, 2.05) is 18.2 Å². The maximum absolute atomic E-state index is 13.4. The molecular formula is C20H16F3N3O4S. The van der Waals surface area contributed by atoms with Gasteiger partial charge in [0.25, 0.3) is 0 Å². The number of allylic oxidation sites excluding steroid dienone is 4. The maximum atomic E-state index is 13.4. The first-order valence-corrected chi connectivity index (χ1v) is 11.0. The van der Waals surface area contributed by atoms with E-state index in [2.05, 4.69) is 10.1 Å². The average molecular weight is 451 g/mol. The zero-order valence-corrected chi connectivity index (χ0v) is 16.9. The number of sulfone groups is 1. The average Bonchev–Trinajstić information content (AvgIpc) is 3.20. The molecule has 11 heteroatoms. The number of hydrogen-bond donors (Lipinski definition) is 0. The Balaban J connectivity index is 1.74. The number of hydrogen-bond acceptors (Lipinski definition) is 6. The highest BCUT2D eigenvalue weighted by molar-refractivity contribution is 7.90. The summed E-state index contributed by atoms with van der Waals surface area (Å²) in [7, 11) is -3.52. The molecule has 0 saturated carbocycles. The SMILES string of the molecule is CS(=O)(=O)c1ccc(-n2nc(C(F)(F)F)cc2C2=COC=C(C3=CC=CCC3)O2)nc1. The first-order chi connectivity index (χ1) is 14.6. The van der Waals surface area contributed by atoms with Crippen LogP contribution in [0, 0.1) is 0 Å². The van der Waals surface area contributed by atoms with Gasteiger partial charge in [-0.2, -0.15) is 18.3 Å². The molecule has 0 amide bonds. The molecule has 2 aromatic heterocycles. The Labute approximate surface area is 175 Å². The molecule has 31 heavy (non-hydrogen) atoms. The summed E-state index contributed by atoms with van der Waals surface area (Å²) in [5.74, 6) is 0.367. The van der Waals surface area contributed by atoms with E-state index in [1.165, 1.54) is 24.7 Å². The highest BCUT2D eigenvalue weighted by Gasteiger charge is 2.36. The predicted octanol–water partition coefficient (Wildman–Crippen LogP) is 4.15. The lowest BCUT2D eigenvalue weighted by Crippen LogP contribution is -2.10. The number of alkyl halides is 3. The minimum absolute atomic E-state index is 0.00458. The predicted molar refractivity (Wildman–Crippen MR) is 104 cm³/mol. The van der Waals surface area contributed by atoms with E-state index in [1.54, 1.807) is 0 Å². The largest absolute Gasteiger partial charge is 0.465 e. The smallest absolute Gasteiger partial charge is 0.435 e. The molecule has 0 aromatic carbocycles. The summed E-state index contributed by atoms with van der Waals surface area (Å²) in [6.45, 7) is 0. The minimum atomic E-state index is -4.71. The van der Waals surface area contributed by atoms with E-state index >= 15 is 0 Å². The zero-order chi connectivity index (χ0) is 22.2. The van der Waals surface area contributed by atoms with Gasteiger partial charge in [-0.25, -0.2) is 18.1 Å². The lowest BCUT2D eigenvalue weighted by Gasteiger charge is -2.19. The molecule has 0 unspecified atom stereocenters. The third-order valence-corrected chi connectivity index (χ3v) is 5.62. The summed E-state index contributed by atoms with van der Waals surface area (Å²) in [4.78, 5) is 3.90. The van der Waals surface area contributed by atoms with Gasteiger partial charge in [0.15, 0.2) is 32.9 Å². The van der Waals surface area contributed by atoms with E-state index in [9.17, 15) is 21.6 Å². The van der Waals surface area contributed by atoms with Gasteiger partial charge in [0.05, 0.1) is 4.90 Å². The van der Waals surface area contributed by atoms with Crippen LogP contribution in [0.5, 0.6) is 0 Å². The summed E-state index contributed by atoms with van der Waals surface area (Å²) in [5, 5.41) is 3.61. The molecule has 2 aromatic rings. The number of nitrogens with zero attached hydrogens (tertiary/aromatic N) is 3. The number of pyridine rings is 1. The van der Waals surface area contributed by atoms with Crippen molar-refractivity contribution in [2.45, 2.75) is 23.9 Å². The third kappa shape index (κ3) is 4.41. The highest BCUT2D eigenvalue weighted by atomic mass is 32.2. The van der Waals surface area contributed by atoms with Crippen LogP contribution < -0.4 is 0 Å². The van der Waals surface area contributed by atoms with Gasteiger partial charge in [-0.1, -0.05) is 18.2 Å². The van der Waals surface area contributed by atoms with E-state index in [4.69, 9.17) is 9.47 Å². The lowest BCUT2D eigenvalue weighted by atomic mass is 10.0. The molecule has 7 nitrogen and oxygen atoms in total. The maximum Gasteiger partial charge on any atom is 0.435 e. The number of rotatable bonds is 4. The normalized spacial score (nSPS) is 16.7. The summed E-state index contributed by atoms with van der Waals surface area (Å²) in [6, 6.07) is 3.33. The molecule has 3 heterocycles. The Morgan fingerprint density at radius 2 is 1.94 bits per heavy atom. The second-order valence-corrected chi connectivity index (χ2v) is 8.83. The van der Waals surface area contributed by atoms with Crippen LogP contribution in [0.4, 0.5) is 13.2 Å². The summed E-state index contributed by atoms with van der Waals surface area (Å²) in [5.41, 5.74) is -0.368. The molecule has 0 saturated heterocycles. The van der Waals surface area contributed by atoms with Crippen LogP contribution in [0.1, 0.15) is 24.2 Å². The van der Waals surface area contributed by atoms with Crippen molar-refractivity contribution in [1.29, 1.82) is 0 Å². The van der Waals surface area contributed by atoms with Crippen molar-refractivity contribution in [2.24, 2.45) is 0 Å². The van der Waals surface area contributed by atoms with Crippen LogP contribution in [0.25, 0.3) is 11.6 Å². The Bertz CT molecular complexity index is 1240. The van der Waals surface area contributed by atoms with E-state index in [-0.39, 0.29) is 22.2 Å². The van der Waals surface area contributed by atoms with Gasteiger partial charge in [0.2, 0.25) is 0 Å². The Morgan fingerprint density at radius 1 is 1.16 bits per heavy atom. The first-order valence-electron chi connectivity index (χ1n) is 9.07. The minimum Gasteiger partial charge on any atom is -0.465 e. The van der Waals surface area contributed by atoms with Gasteiger partial charge in [0, 0.05) is 18.5 Å². The summed E-state index contributed by atoms with van der Waals surface area (Å²) >= 11 is 0. The van der Waals surface area contributed by atoms with E-state index in [0.29, 0.717) is 12.2 Å². The quantitative estimate of drug-likeness (QED) is 0.695. The molecule has 0 atom stereocenters. The van der Waals surface area contributed by atoms with Crippen LogP contribution in [0.2, 0.25) is 0 Å². The van der Waals surface area contributed by atoms with Crippen LogP contribution in [-0.2, 0) is 25.5 Å². The van der Waals surface area contributed by atoms with Crippen molar-refractivity contribution < 1.29 is 31.1 Å². The van der Waals surface area contributed by atoms with Gasteiger partial charge in [-0.15, -0.1) is 0 Å². The zero-order valence-electron chi connectivity index (χ0n) is 16.1. The Kier molecular flexibility index (Phi) is 5.21. The second-order valence-electron chi connectivity index (χ2n) is 6.81. The monoisotopic (exact) mass is 451 g/mol. The highest BCUT2D eigenvalue weighted by Crippen LogP contribution is 2.35. The fourth-order valence-corrected chi connectivity index (χ4v) is 3.53. The van der Waals surface area contributed by atoms with Crippen LogP contribution >= 0.6 is 0 Å². The van der Waals surface area contributed by atoms with Crippen molar-refractivity contribution in [1.82, 2.24) is 14.8 Å². The van der Waals surface area contributed by atoms with Crippen molar-refractivity contribution in [3.05, 3.63) is 77.9 Å². The topological polar surface area (TPSA) is 83.3 Å². The van der Waals surface area contributed by atoms with Crippen molar-refractivity contribution in [2.75, 3.05) is 6.26 Å². The van der Waals surface area contributed by atoms with Crippen LogP contribution in [-0.4, -0.2) is 29.4 Å². The Hall–Kier alpha value is -3.34. The van der Waals surface area contributed by atoms with E-state index < -0.39 is 21.7 Å². The third-order valence-electron chi connectivity index (χ3n) is 4.52. The fourth-order valence-electron chi connectivity index (χ4n) is 2.97. The second kappa shape index (κ2) is 7.73. The molecule has 162 valence electrons. The number of ether oxygens (including phenoxy) is 2. The van der Waals surface area contributed by atoms with Crippen molar-refractivity contribution in [3.8, 4) is 5.82 Å². The molecule has 0 radical (unpaired) electrons. The number of halogens is 3. The molecule has 4 rings (SSSR count). The Morgan fingerprint density at radius 3 is 2.55 bits per heavy atom. The molecule has 1 aliphatic carbocycles. The van der Waals surface area contributed by atoms with Crippen LogP contribution in [0.15, 0.2) is 71.4 Å². The molecule has 2 aliphatic rings. The van der Waals surface area contributed by atoms with Crippen molar-refractivity contribution in [3.63, 3.8) is 0 Å². The van der Waals surface area contributed by atoms with Gasteiger partial charge in [0.1, 0.15) is 18.2 Å². The fraction of sp³-hybridized carbons (Fsp3) is 0.200. The standard InChI is InChI=1S/C20H16F3N3O4S/c1-31(27,28)14-7-8-19(24-10-14)26-15(9-18(25-26)20(21,22)23)17-12-29-11-16(30-17)13-5-3-2-4-6-13/h2-3,5,7-12H,4,6H2,1H3. The molecule has 0 fully saturated rings. The summed E-state index contributed by atoms with van der Waals surface area (Å²) in [6.07, 6.45) is 7.08. The van der Waals surface area contributed by atoms with E-state index in [0.717, 1.165) is 35.2 Å². The van der Waals surface area contributed by atoms with Gasteiger partial charge < -0.3 is 9.47 Å². The van der Waals surface area contributed by atoms with Gasteiger partial charge >= 0.3 is 6.18 Å². The molecule has 0 bridgehead atoms. The summed E-state index contributed by atoms with van der Waals surface area (Å²) < 4.78 is 75.4. The molecule has 0 N–H and O–H groups in total. The molecule has 0 spiro atoms. The number of aromatic nitrogens is 3. The molecule has 1 aliphatic heterocycles. The van der Waals surface area contributed by atoms with Gasteiger partial charge in [-0.3, -0.25) is 0 Å². The van der Waals surface area contributed by atoms with Gasteiger partial charge in [-0.05, 0) is 30.5 Å².